The van der Waals surface area contributed by atoms with E-state index in [1.165, 1.54) is 0 Å². The standard InChI is InChI=1S/C14H18N2O2/c1-11-3-4-13(12(2)17)14(9-11)18-8-7-16-6-5-15-10-16/h3-6,9-10,12,17H,7-8H2,1-2H3/t12-/m0/s1. The molecule has 0 bridgehead atoms. The predicted molar refractivity (Wildman–Crippen MR) is 69.5 cm³/mol. The maximum Gasteiger partial charge on any atom is 0.125 e. The largest absolute Gasteiger partial charge is 0.491 e. The summed E-state index contributed by atoms with van der Waals surface area (Å²) in [6.07, 6.45) is 4.88. The smallest absolute Gasteiger partial charge is 0.125 e. The zero-order chi connectivity index (χ0) is 13.0. The van der Waals surface area contributed by atoms with Crippen LogP contribution < -0.4 is 4.74 Å². The maximum atomic E-state index is 9.68. The molecule has 1 aromatic heterocycles. The number of aromatic nitrogens is 2. The second-order valence-electron chi connectivity index (χ2n) is 4.37. The third-order valence-electron chi connectivity index (χ3n) is 2.79. The van der Waals surface area contributed by atoms with Crippen LogP contribution in [0, 0.1) is 6.92 Å². The second kappa shape index (κ2) is 5.69. The Morgan fingerprint density at radius 2 is 2.28 bits per heavy atom. The van der Waals surface area contributed by atoms with Crippen molar-refractivity contribution in [3.05, 3.63) is 48.0 Å². The third kappa shape index (κ3) is 3.11. The molecule has 0 saturated carbocycles. The molecule has 1 heterocycles. The molecule has 4 heteroatoms. The molecule has 0 saturated heterocycles. The van der Waals surface area contributed by atoms with Crippen LogP contribution in [-0.4, -0.2) is 21.3 Å². The first-order chi connectivity index (χ1) is 8.66. The van der Waals surface area contributed by atoms with Gasteiger partial charge in [0.05, 0.1) is 19.0 Å². The normalized spacial score (nSPS) is 12.4. The minimum Gasteiger partial charge on any atom is -0.491 e. The van der Waals surface area contributed by atoms with Gasteiger partial charge in [0.2, 0.25) is 0 Å². The van der Waals surface area contributed by atoms with Crippen molar-refractivity contribution in [2.75, 3.05) is 6.61 Å². The molecule has 0 fully saturated rings. The number of benzene rings is 1. The van der Waals surface area contributed by atoms with E-state index in [1.54, 1.807) is 19.4 Å². The van der Waals surface area contributed by atoms with Gasteiger partial charge in [-0.05, 0) is 25.5 Å². The van der Waals surface area contributed by atoms with Crippen molar-refractivity contribution in [1.82, 2.24) is 9.55 Å². The minimum atomic E-state index is -0.520. The highest BCUT2D eigenvalue weighted by Crippen LogP contribution is 2.26. The number of hydrogen-bond acceptors (Lipinski definition) is 3. The second-order valence-corrected chi connectivity index (χ2v) is 4.37. The summed E-state index contributed by atoms with van der Waals surface area (Å²) in [7, 11) is 0. The lowest BCUT2D eigenvalue weighted by Gasteiger charge is -2.14. The number of nitrogens with zero attached hydrogens (tertiary/aromatic N) is 2. The summed E-state index contributed by atoms with van der Waals surface area (Å²) in [5, 5.41) is 9.68. The van der Waals surface area contributed by atoms with Crippen molar-refractivity contribution in [1.29, 1.82) is 0 Å². The van der Waals surface area contributed by atoms with Crippen LogP contribution in [-0.2, 0) is 6.54 Å². The summed E-state index contributed by atoms with van der Waals surface area (Å²) in [4.78, 5) is 3.98. The van der Waals surface area contributed by atoms with E-state index in [4.69, 9.17) is 4.74 Å². The van der Waals surface area contributed by atoms with E-state index in [1.807, 2.05) is 35.9 Å². The Kier molecular flexibility index (Phi) is 3.99. The molecule has 0 aliphatic heterocycles. The van der Waals surface area contributed by atoms with Gasteiger partial charge in [-0.25, -0.2) is 4.98 Å². The highest BCUT2D eigenvalue weighted by molar-refractivity contribution is 5.38. The molecule has 18 heavy (non-hydrogen) atoms. The van der Waals surface area contributed by atoms with Gasteiger partial charge in [-0.3, -0.25) is 0 Å². The fourth-order valence-electron chi connectivity index (χ4n) is 1.79. The Balaban J connectivity index is 2.01. The van der Waals surface area contributed by atoms with Crippen molar-refractivity contribution >= 4 is 0 Å². The lowest BCUT2D eigenvalue weighted by molar-refractivity contribution is 0.190. The Labute approximate surface area is 107 Å². The number of hydrogen-bond donors (Lipinski definition) is 1. The lowest BCUT2D eigenvalue weighted by atomic mass is 10.1. The maximum absolute atomic E-state index is 9.68. The predicted octanol–water partition coefficient (Wildman–Crippen LogP) is 2.32. The first-order valence-electron chi connectivity index (χ1n) is 6.04. The molecule has 0 radical (unpaired) electrons. The summed E-state index contributed by atoms with van der Waals surface area (Å²) in [6, 6.07) is 5.84. The molecule has 4 nitrogen and oxygen atoms in total. The van der Waals surface area contributed by atoms with Crippen molar-refractivity contribution in [2.24, 2.45) is 0 Å². The van der Waals surface area contributed by atoms with Gasteiger partial charge in [-0.2, -0.15) is 0 Å². The molecule has 0 aliphatic carbocycles. The van der Waals surface area contributed by atoms with Gasteiger partial charge in [-0.15, -0.1) is 0 Å². The number of rotatable bonds is 5. The summed E-state index contributed by atoms with van der Waals surface area (Å²) in [5.41, 5.74) is 1.95. The molecule has 0 unspecified atom stereocenters. The van der Waals surface area contributed by atoms with Crippen LogP contribution in [0.3, 0.4) is 0 Å². The summed E-state index contributed by atoms with van der Waals surface area (Å²) in [6.45, 7) is 5.05. The van der Waals surface area contributed by atoms with Gasteiger partial charge in [0.25, 0.3) is 0 Å². The van der Waals surface area contributed by atoms with E-state index < -0.39 is 6.10 Å². The van der Waals surface area contributed by atoms with E-state index in [0.29, 0.717) is 6.61 Å². The highest BCUT2D eigenvalue weighted by Gasteiger charge is 2.09. The number of aliphatic hydroxyl groups excluding tert-OH is 1. The van der Waals surface area contributed by atoms with Gasteiger partial charge < -0.3 is 14.4 Å². The molecular weight excluding hydrogens is 228 g/mol. The average molecular weight is 246 g/mol. The Hall–Kier alpha value is -1.81. The molecule has 1 N–H and O–H groups in total. The van der Waals surface area contributed by atoms with Crippen LogP contribution in [0.1, 0.15) is 24.2 Å². The summed E-state index contributed by atoms with van der Waals surface area (Å²) >= 11 is 0. The zero-order valence-electron chi connectivity index (χ0n) is 10.7. The van der Waals surface area contributed by atoms with Crippen LogP contribution in [0.2, 0.25) is 0 Å². The summed E-state index contributed by atoms with van der Waals surface area (Å²) in [5.74, 6) is 0.755. The number of aryl methyl sites for hydroxylation is 1. The van der Waals surface area contributed by atoms with E-state index in [2.05, 4.69) is 4.98 Å². The van der Waals surface area contributed by atoms with Crippen molar-refractivity contribution in [2.45, 2.75) is 26.5 Å². The first kappa shape index (κ1) is 12.6. The van der Waals surface area contributed by atoms with Gasteiger partial charge in [0, 0.05) is 18.0 Å². The topological polar surface area (TPSA) is 47.3 Å². The Morgan fingerprint density at radius 1 is 1.44 bits per heavy atom. The van der Waals surface area contributed by atoms with Gasteiger partial charge in [0.15, 0.2) is 0 Å². The van der Waals surface area contributed by atoms with Gasteiger partial charge in [-0.1, -0.05) is 12.1 Å². The van der Waals surface area contributed by atoms with E-state index in [-0.39, 0.29) is 0 Å². The molecule has 96 valence electrons. The summed E-state index contributed by atoms with van der Waals surface area (Å²) < 4.78 is 7.70. The van der Waals surface area contributed by atoms with Crippen LogP contribution in [0.15, 0.2) is 36.9 Å². The molecule has 2 aromatic rings. The molecule has 0 amide bonds. The van der Waals surface area contributed by atoms with E-state index >= 15 is 0 Å². The SMILES string of the molecule is Cc1ccc([C@H](C)O)c(OCCn2ccnc2)c1. The van der Waals surface area contributed by atoms with Crippen LogP contribution >= 0.6 is 0 Å². The highest BCUT2D eigenvalue weighted by atomic mass is 16.5. The average Bonchev–Trinajstić information content (AvgIpc) is 2.82. The van der Waals surface area contributed by atoms with Gasteiger partial charge in [0.1, 0.15) is 12.4 Å². The lowest BCUT2D eigenvalue weighted by Crippen LogP contribution is -2.08. The molecule has 2 rings (SSSR count). The number of imidazole rings is 1. The minimum absolute atomic E-state index is 0.520. The molecular formula is C14H18N2O2. The number of aliphatic hydroxyl groups is 1. The van der Waals surface area contributed by atoms with Crippen LogP contribution in [0.4, 0.5) is 0 Å². The van der Waals surface area contributed by atoms with E-state index in [0.717, 1.165) is 23.4 Å². The van der Waals surface area contributed by atoms with Crippen molar-refractivity contribution in [3.8, 4) is 5.75 Å². The number of ether oxygens (including phenoxy) is 1. The Morgan fingerprint density at radius 3 is 2.94 bits per heavy atom. The first-order valence-corrected chi connectivity index (χ1v) is 6.04. The zero-order valence-corrected chi connectivity index (χ0v) is 10.7. The van der Waals surface area contributed by atoms with Crippen LogP contribution in [0.25, 0.3) is 0 Å². The molecule has 0 aliphatic rings. The van der Waals surface area contributed by atoms with Crippen LogP contribution in [0.5, 0.6) is 5.75 Å². The molecule has 0 spiro atoms. The third-order valence-corrected chi connectivity index (χ3v) is 2.79. The van der Waals surface area contributed by atoms with Crippen molar-refractivity contribution < 1.29 is 9.84 Å². The monoisotopic (exact) mass is 246 g/mol. The van der Waals surface area contributed by atoms with Gasteiger partial charge >= 0.3 is 0 Å². The Bertz CT molecular complexity index is 493. The fraction of sp³-hybridized carbons (Fsp3) is 0.357. The molecule has 1 atom stereocenters. The van der Waals surface area contributed by atoms with E-state index in [9.17, 15) is 5.11 Å². The van der Waals surface area contributed by atoms with Crippen molar-refractivity contribution in [3.63, 3.8) is 0 Å². The quantitative estimate of drug-likeness (QED) is 0.880. The fourth-order valence-corrected chi connectivity index (χ4v) is 1.79. The molecule has 1 aromatic carbocycles.